The van der Waals surface area contributed by atoms with E-state index in [2.05, 4.69) is 0 Å². The van der Waals surface area contributed by atoms with Gasteiger partial charge in [0.1, 0.15) is 12.2 Å². The monoisotopic (exact) mass is 288 g/mol. The molecule has 1 saturated heterocycles. The fourth-order valence-corrected chi connectivity index (χ4v) is 2.30. The molecule has 7 heteroatoms. The summed E-state index contributed by atoms with van der Waals surface area (Å²) in [6.07, 6.45) is -0.279. The van der Waals surface area contributed by atoms with Crippen molar-refractivity contribution in [2.24, 2.45) is 5.92 Å². The van der Waals surface area contributed by atoms with Crippen LogP contribution in [0.3, 0.4) is 0 Å². The van der Waals surface area contributed by atoms with E-state index in [0.717, 1.165) is 0 Å². The number of hydrogen-bond acceptors (Lipinski definition) is 4. The topological polar surface area (TPSA) is 79.3 Å². The second kappa shape index (κ2) is 7.44. The van der Waals surface area contributed by atoms with Crippen molar-refractivity contribution < 1.29 is 24.2 Å². The molecule has 116 valence electrons. The summed E-state index contributed by atoms with van der Waals surface area (Å²) >= 11 is 0. The molecule has 0 radical (unpaired) electrons. The number of nitrogens with zero attached hydrogens (tertiary/aromatic N) is 2. The number of carbonyl (C=O) groups is 2. The number of likely N-dealkylation sites (tertiary alicyclic amines) is 1. The minimum absolute atomic E-state index is 0.139. The number of methoxy groups -OCH3 is 2. The van der Waals surface area contributed by atoms with Crippen molar-refractivity contribution in [3.63, 3.8) is 0 Å². The summed E-state index contributed by atoms with van der Waals surface area (Å²) in [6.45, 7) is 5.04. The zero-order chi connectivity index (χ0) is 15.3. The summed E-state index contributed by atoms with van der Waals surface area (Å²) < 4.78 is 10.6. The van der Waals surface area contributed by atoms with Gasteiger partial charge < -0.3 is 24.4 Å². The molecule has 1 heterocycles. The zero-order valence-corrected chi connectivity index (χ0v) is 12.5. The van der Waals surface area contributed by atoms with Crippen molar-refractivity contribution in [1.82, 2.24) is 9.80 Å². The molecule has 0 saturated carbocycles. The van der Waals surface area contributed by atoms with Crippen LogP contribution < -0.4 is 0 Å². The Kier molecular flexibility index (Phi) is 6.22. The molecule has 20 heavy (non-hydrogen) atoms. The molecule has 1 N–H and O–H groups in total. The fourth-order valence-electron chi connectivity index (χ4n) is 2.30. The Balaban J connectivity index is 2.65. The summed E-state index contributed by atoms with van der Waals surface area (Å²) in [4.78, 5) is 26.5. The van der Waals surface area contributed by atoms with Crippen LogP contribution in [0.1, 0.15) is 13.8 Å². The van der Waals surface area contributed by atoms with Crippen LogP contribution in [0.4, 0.5) is 4.79 Å². The summed E-state index contributed by atoms with van der Waals surface area (Å²) in [5.74, 6) is -1.49. The molecule has 7 nitrogen and oxygen atoms in total. The van der Waals surface area contributed by atoms with E-state index < -0.39 is 11.9 Å². The van der Waals surface area contributed by atoms with Gasteiger partial charge in [0, 0.05) is 27.3 Å². The molecule has 3 unspecified atom stereocenters. The Morgan fingerprint density at radius 1 is 1.30 bits per heavy atom. The predicted octanol–water partition coefficient (Wildman–Crippen LogP) is 0.495. The molecule has 2 amide bonds. The van der Waals surface area contributed by atoms with Gasteiger partial charge >= 0.3 is 12.0 Å². The van der Waals surface area contributed by atoms with Crippen molar-refractivity contribution in [1.29, 1.82) is 0 Å². The number of amides is 2. The first-order valence-electron chi connectivity index (χ1n) is 6.76. The molecular weight excluding hydrogens is 264 g/mol. The van der Waals surface area contributed by atoms with Gasteiger partial charge in [0.2, 0.25) is 0 Å². The second-order valence-corrected chi connectivity index (χ2v) is 5.01. The molecule has 1 aliphatic rings. The van der Waals surface area contributed by atoms with E-state index in [4.69, 9.17) is 14.6 Å². The number of carboxylic acid groups (broad SMARTS) is 1. The van der Waals surface area contributed by atoms with Crippen LogP contribution in [-0.2, 0) is 14.3 Å². The SMILES string of the molecule is CCN(CC(C)C(=O)O)C(=O)N1CC(OC)C(OC)C1. The molecule has 0 spiro atoms. The summed E-state index contributed by atoms with van der Waals surface area (Å²) in [5.41, 5.74) is 0. The molecule has 3 atom stereocenters. The number of carboxylic acids is 1. The van der Waals surface area contributed by atoms with Crippen LogP contribution in [0.15, 0.2) is 0 Å². The molecule has 0 aromatic rings. The van der Waals surface area contributed by atoms with E-state index in [1.807, 2.05) is 6.92 Å². The fraction of sp³-hybridized carbons (Fsp3) is 0.846. The van der Waals surface area contributed by atoms with Crippen LogP contribution in [-0.4, -0.2) is 79.5 Å². The van der Waals surface area contributed by atoms with E-state index in [9.17, 15) is 9.59 Å². The average molecular weight is 288 g/mol. The van der Waals surface area contributed by atoms with Gasteiger partial charge in [-0.3, -0.25) is 4.79 Å². The Morgan fingerprint density at radius 2 is 1.80 bits per heavy atom. The Bertz CT molecular complexity index is 338. The third kappa shape index (κ3) is 3.83. The predicted molar refractivity (Wildman–Crippen MR) is 72.6 cm³/mol. The summed E-state index contributed by atoms with van der Waals surface area (Å²) in [5, 5.41) is 8.94. The summed E-state index contributed by atoms with van der Waals surface area (Å²) in [6, 6.07) is -0.165. The smallest absolute Gasteiger partial charge is 0.320 e. The van der Waals surface area contributed by atoms with Crippen molar-refractivity contribution in [2.75, 3.05) is 40.4 Å². The van der Waals surface area contributed by atoms with Crippen molar-refractivity contribution >= 4 is 12.0 Å². The number of urea groups is 1. The lowest BCUT2D eigenvalue weighted by atomic mass is 10.2. The number of carbonyl (C=O) groups excluding carboxylic acids is 1. The van der Waals surface area contributed by atoms with Gasteiger partial charge in [0.05, 0.1) is 19.0 Å². The lowest BCUT2D eigenvalue weighted by Gasteiger charge is -2.28. The van der Waals surface area contributed by atoms with Gasteiger partial charge in [-0.25, -0.2) is 4.79 Å². The second-order valence-electron chi connectivity index (χ2n) is 5.01. The van der Waals surface area contributed by atoms with Gasteiger partial charge in [-0.15, -0.1) is 0 Å². The van der Waals surface area contributed by atoms with E-state index in [-0.39, 0.29) is 24.8 Å². The number of aliphatic carboxylic acids is 1. The van der Waals surface area contributed by atoms with E-state index >= 15 is 0 Å². The van der Waals surface area contributed by atoms with E-state index in [1.54, 1.807) is 30.9 Å². The number of rotatable bonds is 6. The maximum Gasteiger partial charge on any atom is 0.320 e. The molecular formula is C13H24N2O5. The largest absolute Gasteiger partial charge is 0.481 e. The Hall–Kier alpha value is -1.34. The summed E-state index contributed by atoms with van der Waals surface area (Å²) in [7, 11) is 3.18. The lowest BCUT2D eigenvalue weighted by Crippen LogP contribution is -2.45. The minimum atomic E-state index is -0.901. The van der Waals surface area contributed by atoms with Gasteiger partial charge in [-0.05, 0) is 6.92 Å². The highest BCUT2D eigenvalue weighted by molar-refractivity contribution is 5.76. The quantitative estimate of drug-likeness (QED) is 0.769. The molecule has 1 rings (SSSR count). The van der Waals surface area contributed by atoms with Crippen LogP contribution >= 0.6 is 0 Å². The maximum absolute atomic E-state index is 12.4. The first kappa shape index (κ1) is 16.7. The van der Waals surface area contributed by atoms with Crippen molar-refractivity contribution in [2.45, 2.75) is 26.1 Å². The number of ether oxygens (including phenoxy) is 2. The first-order chi connectivity index (χ1) is 9.44. The Labute approximate surface area is 119 Å². The van der Waals surface area contributed by atoms with E-state index in [1.165, 1.54) is 0 Å². The third-order valence-electron chi connectivity index (χ3n) is 3.66. The zero-order valence-electron chi connectivity index (χ0n) is 12.5. The van der Waals surface area contributed by atoms with Gasteiger partial charge in [0.25, 0.3) is 0 Å². The standard InChI is InChI=1S/C13H24N2O5/c1-5-14(6-9(2)12(16)17)13(18)15-7-10(19-3)11(8-15)20-4/h9-11H,5-8H2,1-4H3,(H,16,17). The highest BCUT2D eigenvalue weighted by Gasteiger charge is 2.37. The van der Waals surface area contributed by atoms with Gasteiger partial charge in [-0.2, -0.15) is 0 Å². The first-order valence-corrected chi connectivity index (χ1v) is 6.76. The van der Waals surface area contributed by atoms with E-state index in [0.29, 0.717) is 19.6 Å². The van der Waals surface area contributed by atoms with Crippen molar-refractivity contribution in [3.8, 4) is 0 Å². The lowest BCUT2D eigenvalue weighted by molar-refractivity contribution is -0.141. The normalized spacial score (nSPS) is 23.7. The van der Waals surface area contributed by atoms with Gasteiger partial charge in [-0.1, -0.05) is 6.92 Å². The minimum Gasteiger partial charge on any atom is -0.481 e. The molecule has 0 aromatic heterocycles. The highest BCUT2D eigenvalue weighted by Crippen LogP contribution is 2.18. The molecule has 0 aromatic carbocycles. The Morgan fingerprint density at radius 3 is 2.15 bits per heavy atom. The van der Waals surface area contributed by atoms with Crippen molar-refractivity contribution in [3.05, 3.63) is 0 Å². The van der Waals surface area contributed by atoms with Crippen LogP contribution in [0.2, 0.25) is 0 Å². The highest BCUT2D eigenvalue weighted by atomic mass is 16.5. The van der Waals surface area contributed by atoms with Crippen LogP contribution in [0.25, 0.3) is 0 Å². The average Bonchev–Trinajstić information content (AvgIpc) is 2.86. The van der Waals surface area contributed by atoms with Gasteiger partial charge in [0.15, 0.2) is 0 Å². The molecule has 1 aliphatic heterocycles. The molecule has 1 fully saturated rings. The third-order valence-corrected chi connectivity index (χ3v) is 3.66. The molecule has 0 bridgehead atoms. The number of hydrogen-bond donors (Lipinski definition) is 1. The maximum atomic E-state index is 12.4. The van der Waals surface area contributed by atoms with Crippen LogP contribution in [0.5, 0.6) is 0 Å². The molecule has 0 aliphatic carbocycles. The van der Waals surface area contributed by atoms with Crippen LogP contribution in [0, 0.1) is 5.92 Å².